The molecule has 0 heterocycles. The Morgan fingerprint density at radius 2 is 1.76 bits per heavy atom. The van der Waals surface area contributed by atoms with E-state index in [4.69, 9.17) is 18.0 Å². The minimum absolute atomic E-state index is 0.0349. The minimum atomic E-state index is -4.88. The van der Waals surface area contributed by atoms with Gasteiger partial charge in [-0.15, -0.1) is 19.6 Å². The summed E-state index contributed by atoms with van der Waals surface area (Å²) in [5.41, 5.74) is 0.347. The molecule has 0 aliphatic rings. The van der Waals surface area contributed by atoms with E-state index in [1.807, 2.05) is 0 Å². The van der Waals surface area contributed by atoms with Crippen LogP contribution in [0.5, 0.6) is 5.75 Å². The Hall–Kier alpha value is -2.19. The second-order valence-electron chi connectivity index (χ2n) is 4.03. The van der Waals surface area contributed by atoms with Gasteiger partial charge in [0.05, 0.1) is 0 Å². The maximum Gasteiger partial charge on any atom is 0.573 e. The molecule has 21 heavy (non-hydrogen) atoms. The number of ether oxygens (including phenoxy) is 1. The standard InChI is InChI=1S/C15H7ClF4O/c1-2-9-3-6-14(21-15(18,19)20)12(7-9)11-8-10(17)4-5-13(11)16/h1,3-8H. The van der Waals surface area contributed by atoms with Crippen LogP contribution < -0.4 is 4.74 Å². The van der Waals surface area contributed by atoms with E-state index in [0.29, 0.717) is 5.56 Å². The smallest absolute Gasteiger partial charge is 0.405 e. The molecule has 0 unspecified atom stereocenters. The van der Waals surface area contributed by atoms with Gasteiger partial charge in [-0.1, -0.05) is 17.5 Å². The molecule has 108 valence electrons. The molecule has 2 aromatic carbocycles. The molecule has 0 aromatic heterocycles. The first kappa shape index (κ1) is 15.2. The fourth-order valence-electron chi connectivity index (χ4n) is 1.75. The minimum Gasteiger partial charge on any atom is -0.405 e. The highest BCUT2D eigenvalue weighted by Crippen LogP contribution is 2.38. The molecule has 0 saturated heterocycles. The number of rotatable bonds is 2. The van der Waals surface area contributed by atoms with Crippen LogP contribution in [0.4, 0.5) is 17.6 Å². The van der Waals surface area contributed by atoms with Crippen molar-refractivity contribution in [3.8, 4) is 29.2 Å². The Morgan fingerprint density at radius 1 is 1.05 bits per heavy atom. The van der Waals surface area contributed by atoms with Crippen molar-refractivity contribution in [3.63, 3.8) is 0 Å². The van der Waals surface area contributed by atoms with Gasteiger partial charge in [0.2, 0.25) is 0 Å². The molecule has 2 rings (SSSR count). The van der Waals surface area contributed by atoms with Crippen molar-refractivity contribution in [1.29, 1.82) is 0 Å². The predicted octanol–water partition coefficient (Wildman–Crippen LogP) is 5.03. The van der Waals surface area contributed by atoms with Crippen molar-refractivity contribution in [1.82, 2.24) is 0 Å². The molecule has 2 aromatic rings. The van der Waals surface area contributed by atoms with Crippen LogP contribution in [0.15, 0.2) is 36.4 Å². The summed E-state index contributed by atoms with van der Waals surface area (Å²) in [6.45, 7) is 0. The van der Waals surface area contributed by atoms with Crippen LogP contribution in [-0.4, -0.2) is 6.36 Å². The van der Waals surface area contributed by atoms with E-state index < -0.39 is 17.9 Å². The quantitative estimate of drug-likeness (QED) is 0.558. The lowest BCUT2D eigenvalue weighted by atomic mass is 10.0. The van der Waals surface area contributed by atoms with Crippen molar-refractivity contribution in [2.45, 2.75) is 6.36 Å². The van der Waals surface area contributed by atoms with Crippen molar-refractivity contribution >= 4 is 11.6 Å². The SMILES string of the molecule is C#Cc1ccc(OC(F)(F)F)c(-c2cc(F)ccc2Cl)c1. The summed E-state index contributed by atoms with van der Waals surface area (Å²) in [5.74, 6) is 1.14. The maximum atomic E-state index is 13.3. The van der Waals surface area contributed by atoms with Crippen LogP contribution in [-0.2, 0) is 0 Å². The first-order valence-electron chi connectivity index (χ1n) is 5.62. The zero-order valence-corrected chi connectivity index (χ0v) is 11.1. The number of terminal acetylenes is 1. The number of hydrogen-bond acceptors (Lipinski definition) is 1. The Bertz CT molecular complexity index is 717. The van der Waals surface area contributed by atoms with E-state index >= 15 is 0 Å². The molecule has 1 nitrogen and oxygen atoms in total. The third kappa shape index (κ3) is 3.67. The van der Waals surface area contributed by atoms with E-state index in [1.54, 1.807) is 0 Å². The molecule has 0 bridgehead atoms. The van der Waals surface area contributed by atoms with Gasteiger partial charge in [0.1, 0.15) is 11.6 Å². The summed E-state index contributed by atoms with van der Waals surface area (Å²) in [6, 6.07) is 6.99. The van der Waals surface area contributed by atoms with Crippen LogP contribution in [0.1, 0.15) is 5.56 Å². The van der Waals surface area contributed by atoms with Gasteiger partial charge in [-0.3, -0.25) is 0 Å². The van der Waals surface area contributed by atoms with Crippen LogP contribution >= 0.6 is 11.6 Å². The Labute approximate surface area is 123 Å². The first-order valence-corrected chi connectivity index (χ1v) is 6.00. The second kappa shape index (κ2) is 5.66. The monoisotopic (exact) mass is 314 g/mol. The zero-order chi connectivity index (χ0) is 15.6. The van der Waals surface area contributed by atoms with E-state index in [2.05, 4.69) is 10.7 Å². The van der Waals surface area contributed by atoms with E-state index in [9.17, 15) is 17.6 Å². The van der Waals surface area contributed by atoms with Crippen LogP contribution in [0.2, 0.25) is 5.02 Å². The molecule has 0 atom stereocenters. The van der Waals surface area contributed by atoms with E-state index in [1.165, 1.54) is 18.2 Å². The Balaban J connectivity index is 2.64. The summed E-state index contributed by atoms with van der Waals surface area (Å²) >= 11 is 5.91. The largest absolute Gasteiger partial charge is 0.573 e. The highest BCUT2D eigenvalue weighted by atomic mass is 35.5. The van der Waals surface area contributed by atoms with Crippen LogP contribution in [0.25, 0.3) is 11.1 Å². The molecule has 0 fully saturated rings. The molecular weight excluding hydrogens is 308 g/mol. The highest BCUT2D eigenvalue weighted by molar-refractivity contribution is 6.33. The third-order valence-corrected chi connectivity index (χ3v) is 2.92. The Morgan fingerprint density at radius 3 is 2.38 bits per heavy atom. The molecule has 0 aliphatic heterocycles. The lowest BCUT2D eigenvalue weighted by Crippen LogP contribution is -2.17. The molecule has 0 aliphatic carbocycles. The lowest BCUT2D eigenvalue weighted by molar-refractivity contribution is -0.274. The summed E-state index contributed by atoms with van der Waals surface area (Å²) < 4.78 is 54.5. The maximum absolute atomic E-state index is 13.3. The molecule has 0 N–H and O–H groups in total. The number of alkyl halides is 3. The highest BCUT2D eigenvalue weighted by Gasteiger charge is 2.32. The van der Waals surface area contributed by atoms with Crippen molar-refractivity contribution < 1.29 is 22.3 Å². The van der Waals surface area contributed by atoms with Gasteiger partial charge in [-0.25, -0.2) is 4.39 Å². The van der Waals surface area contributed by atoms with Crippen molar-refractivity contribution in [2.24, 2.45) is 0 Å². The van der Waals surface area contributed by atoms with Crippen molar-refractivity contribution in [2.75, 3.05) is 0 Å². The molecule has 0 amide bonds. The van der Waals surface area contributed by atoms with Gasteiger partial charge >= 0.3 is 6.36 Å². The zero-order valence-electron chi connectivity index (χ0n) is 10.3. The van der Waals surface area contributed by atoms with Gasteiger partial charge in [-0.2, -0.15) is 0 Å². The fourth-order valence-corrected chi connectivity index (χ4v) is 1.97. The van der Waals surface area contributed by atoms with Gasteiger partial charge in [0.15, 0.2) is 0 Å². The fraction of sp³-hybridized carbons (Fsp3) is 0.0667. The van der Waals surface area contributed by atoms with Gasteiger partial charge in [0, 0.05) is 21.7 Å². The Kier molecular flexibility index (Phi) is 4.10. The lowest BCUT2D eigenvalue weighted by Gasteiger charge is -2.14. The van der Waals surface area contributed by atoms with Gasteiger partial charge in [-0.05, 0) is 36.4 Å². The topological polar surface area (TPSA) is 9.23 Å². The molecule has 0 radical (unpaired) electrons. The summed E-state index contributed by atoms with van der Waals surface area (Å²) in [7, 11) is 0. The molecule has 6 heteroatoms. The first-order chi connectivity index (χ1) is 9.80. The molecule has 0 spiro atoms. The average molecular weight is 315 g/mol. The summed E-state index contributed by atoms with van der Waals surface area (Å²) in [5, 5.41) is 0.0811. The molecule has 0 saturated carbocycles. The normalized spacial score (nSPS) is 11.0. The van der Waals surface area contributed by atoms with Gasteiger partial charge < -0.3 is 4.74 Å². The second-order valence-corrected chi connectivity index (χ2v) is 4.43. The average Bonchev–Trinajstić information content (AvgIpc) is 2.40. The van der Waals surface area contributed by atoms with Gasteiger partial charge in [0.25, 0.3) is 0 Å². The molecular formula is C15H7ClF4O. The predicted molar refractivity (Wildman–Crippen MR) is 71.5 cm³/mol. The number of hydrogen-bond donors (Lipinski definition) is 0. The van der Waals surface area contributed by atoms with Crippen LogP contribution in [0.3, 0.4) is 0 Å². The number of halogens is 5. The summed E-state index contributed by atoms with van der Waals surface area (Å²) in [6.07, 6.45) is 0.339. The van der Waals surface area contributed by atoms with Crippen molar-refractivity contribution in [3.05, 3.63) is 52.8 Å². The van der Waals surface area contributed by atoms with Crippen LogP contribution in [0, 0.1) is 18.2 Å². The number of benzene rings is 2. The van der Waals surface area contributed by atoms with E-state index in [0.717, 1.165) is 18.2 Å². The summed E-state index contributed by atoms with van der Waals surface area (Å²) in [4.78, 5) is 0. The van der Waals surface area contributed by atoms with E-state index in [-0.39, 0.29) is 16.1 Å². The third-order valence-electron chi connectivity index (χ3n) is 2.59.